The number of aromatic nitrogens is 3. The van der Waals surface area contributed by atoms with E-state index >= 15 is 0 Å². The summed E-state index contributed by atoms with van der Waals surface area (Å²) in [7, 11) is 0. The van der Waals surface area contributed by atoms with E-state index in [1.54, 1.807) is 17.5 Å². The third-order valence-electron chi connectivity index (χ3n) is 2.91. The molecule has 2 aromatic heterocycles. The summed E-state index contributed by atoms with van der Waals surface area (Å²) < 4.78 is 0. The van der Waals surface area contributed by atoms with Gasteiger partial charge in [-0.15, -0.1) is 0 Å². The predicted octanol–water partition coefficient (Wildman–Crippen LogP) is 2.70. The summed E-state index contributed by atoms with van der Waals surface area (Å²) in [5, 5.41) is 1.59. The maximum absolute atomic E-state index is 5.72. The Morgan fingerprint density at radius 3 is 2.67 bits per heavy atom. The lowest BCUT2D eigenvalue weighted by Crippen LogP contribution is -2.20. The molecule has 0 radical (unpaired) electrons. The van der Waals surface area contributed by atoms with E-state index in [0.29, 0.717) is 18.2 Å². The van der Waals surface area contributed by atoms with Gasteiger partial charge in [0, 0.05) is 11.9 Å². The number of anilines is 3. The molecule has 21 heavy (non-hydrogen) atoms. The lowest BCUT2D eigenvalue weighted by Gasteiger charge is -2.21. The quantitative estimate of drug-likeness (QED) is 0.585. The number of pyridine rings is 1. The van der Waals surface area contributed by atoms with Gasteiger partial charge in [-0.2, -0.15) is 5.06 Å². The van der Waals surface area contributed by atoms with Crippen molar-refractivity contribution in [2.75, 3.05) is 17.4 Å². The summed E-state index contributed by atoms with van der Waals surface area (Å²) in [5.74, 6) is 0.460. The smallest absolute Gasteiger partial charge is 0.255 e. The summed E-state index contributed by atoms with van der Waals surface area (Å²) in [4.78, 5) is 18.7. The van der Waals surface area contributed by atoms with Crippen molar-refractivity contribution in [3.05, 3.63) is 48.8 Å². The molecule has 0 aliphatic heterocycles. The molecule has 0 aliphatic rings. The summed E-state index contributed by atoms with van der Waals surface area (Å²) in [5.41, 5.74) is 8.73. The van der Waals surface area contributed by atoms with E-state index in [0.717, 1.165) is 16.7 Å². The Kier molecular flexibility index (Phi) is 3.61. The highest BCUT2D eigenvalue weighted by molar-refractivity contribution is 5.74. The van der Waals surface area contributed by atoms with Gasteiger partial charge in [0.05, 0.1) is 24.0 Å². The molecule has 2 heterocycles. The molecule has 2 N–H and O–H groups in total. The monoisotopic (exact) mass is 281 g/mol. The minimum atomic E-state index is 0.460. The van der Waals surface area contributed by atoms with Gasteiger partial charge in [0.15, 0.2) is 0 Å². The lowest BCUT2D eigenvalue weighted by atomic mass is 10.3. The van der Waals surface area contributed by atoms with Crippen LogP contribution in [0.3, 0.4) is 0 Å². The van der Waals surface area contributed by atoms with Gasteiger partial charge >= 0.3 is 0 Å². The van der Waals surface area contributed by atoms with Crippen molar-refractivity contribution in [3.63, 3.8) is 0 Å². The second-order valence-corrected chi connectivity index (χ2v) is 4.38. The Morgan fingerprint density at radius 1 is 1.10 bits per heavy atom. The van der Waals surface area contributed by atoms with Crippen LogP contribution in [0.1, 0.15) is 6.92 Å². The molecule has 0 unspecified atom stereocenters. The number of fused-ring (bicyclic) bond motifs is 1. The highest BCUT2D eigenvalue weighted by Gasteiger charge is 2.13. The van der Waals surface area contributed by atoms with E-state index < -0.39 is 0 Å². The van der Waals surface area contributed by atoms with Crippen molar-refractivity contribution in [3.8, 4) is 0 Å². The molecule has 0 aliphatic carbocycles. The van der Waals surface area contributed by atoms with E-state index in [2.05, 4.69) is 15.0 Å². The average Bonchev–Trinajstić information content (AvgIpc) is 2.53. The number of nitrogen functional groups attached to an aromatic ring is 1. The van der Waals surface area contributed by atoms with Gasteiger partial charge in [-0.3, -0.25) is 9.82 Å². The third-order valence-corrected chi connectivity index (χ3v) is 2.91. The summed E-state index contributed by atoms with van der Waals surface area (Å²) in [6.07, 6.45) is 3.40. The fourth-order valence-electron chi connectivity index (χ4n) is 1.94. The number of nitrogens with zero attached hydrogens (tertiary/aromatic N) is 4. The highest BCUT2D eigenvalue weighted by Crippen LogP contribution is 2.24. The Labute approximate surface area is 122 Å². The molecular formula is C15H15N5O. The van der Waals surface area contributed by atoms with Gasteiger partial charge in [-0.05, 0) is 43.3 Å². The van der Waals surface area contributed by atoms with Crippen LogP contribution < -0.4 is 10.8 Å². The molecule has 1 aromatic carbocycles. The molecular weight excluding hydrogens is 266 g/mol. The summed E-state index contributed by atoms with van der Waals surface area (Å²) >= 11 is 0. The van der Waals surface area contributed by atoms with Crippen molar-refractivity contribution in [1.82, 2.24) is 15.0 Å². The van der Waals surface area contributed by atoms with Gasteiger partial charge < -0.3 is 5.73 Å². The molecule has 0 fully saturated rings. The molecule has 6 heteroatoms. The zero-order valence-electron chi connectivity index (χ0n) is 11.6. The average molecular weight is 281 g/mol. The first-order valence-corrected chi connectivity index (χ1v) is 6.64. The van der Waals surface area contributed by atoms with Gasteiger partial charge in [-0.1, -0.05) is 0 Å². The van der Waals surface area contributed by atoms with Crippen molar-refractivity contribution in [2.45, 2.75) is 6.92 Å². The van der Waals surface area contributed by atoms with Crippen LogP contribution in [0.2, 0.25) is 0 Å². The first-order valence-electron chi connectivity index (χ1n) is 6.64. The molecule has 6 nitrogen and oxygen atoms in total. The third kappa shape index (κ3) is 2.75. The van der Waals surface area contributed by atoms with Gasteiger partial charge in [0.1, 0.15) is 5.52 Å². The standard InChI is InChI=1S/C15H15N5O/c1-2-21-20(12-7-5-11(16)6-8-12)15-18-10-14-13(19-15)4-3-9-17-14/h3-10H,2,16H2,1H3. The van der Waals surface area contributed by atoms with Crippen molar-refractivity contribution >= 4 is 28.4 Å². The number of benzene rings is 1. The number of hydrogen-bond acceptors (Lipinski definition) is 6. The number of nitrogens with two attached hydrogens (primary N) is 1. The molecule has 0 atom stereocenters. The van der Waals surface area contributed by atoms with E-state index in [1.807, 2.05) is 43.3 Å². The Hall–Kier alpha value is -2.73. The maximum Gasteiger partial charge on any atom is 0.255 e. The molecule has 0 saturated carbocycles. The molecule has 0 amide bonds. The van der Waals surface area contributed by atoms with Crippen LogP contribution in [0.5, 0.6) is 0 Å². The summed E-state index contributed by atoms with van der Waals surface area (Å²) in [6, 6.07) is 11.1. The van der Waals surface area contributed by atoms with E-state index in [1.165, 1.54) is 0 Å². The highest BCUT2D eigenvalue weighted by atomic mass is 16.7. The fraction of sp³-hybridized carbons (Fsp3) is 0.133. The van der Waals surface area contributed by atoms with E-state index in [-0.39, 0.29) is 0 Å². The topological polar surface area (TPSA) is 77.2 Å². The minimum absolute atomic E-state index is 0.460. The van der Waals surface area contributed by atoms with Crippen molar-refractivity contribution in [2.24, 2.45) is 0 Å². The first kappa shape index (κ1) is 13.3. The molecule has 106 valence electrons. The summed E-state index contributed by atoms with van der Waals surface area (Å²) in [6.45, 7) is 2.41. The van der Waals surface area contributed by atoms with Crippen LogP contribution in [0.15, 0.2) is 48.8 Å². The van der Waals surface area contributed by atoms with E-state index in [9.17, 15) is 0 Å². The van der Waals surface area contributed by atoms with Crippen molar-refractivity contribution in [1.29, 1.82) is 0 Å². The van der Waals surface area contributed by atoms with Crippen LogP contribution in [0, 0.1) is 0 Å². The van der Waals surface area contributed by atoms with Crippen LogP contribution in [0.25, 0.3) is 11.0 Å². The first-order chi connectivity index (χ1) is 10.3. The van der Waals surface area contributed by atoms with Gasteiger partial charge in [0.2, 0.25) is 0 Å². The maximum atomic E-state index is 5.72. The van der Waals surface area contributed by atoms with Crippen LogP contribution in [-0.4, -0.2) is 21.6 Å². The van der Waals surface area contributed by atoms with Crippen LogP contribution in [-0.2, 0) is 4.84 Å². The minimum Gasteiger partial charge on any atom is -0.399 e. The second-order valence-electron chi connectivity index (χ2n) is 4.38. The van der Waals surface area contributed by atoms with Crippen molar-refractivity contribution < 1.29 is 4.84 Å². The normalized spacial score (nSPS) is 10.7. The lowest BCUT2D eigenvalue weighted by molar-refractivity contribution is 0.146. The Morgan fingerprint density at radius 2 is 1.90 bits per heavy atom. The zero-order chi connectivity index (χ0) is 14.7. The Bertz CT molecular complexity index is 744. The van der Waals surface area contributed by atoms with Crippen LogP contribution in [0.4, 0.5) is 17.3 Å². The largest absolute Gasteiger partial charge is 0.399 e. The molecule has 3 rings (SSSR count). The SMILES string of the molecule is CCON(c1ccc(N)cc1)c1ncc2ncccc2n1. The molecule has 0 saturated heterocycles. The molecule has 0 bridgehead atoms. The van der Waals surface area contributed by atoms with Crippen LogP contribution >= 0.6 is 0 Å². The van der Waals surface area contributed by atoms with Gasteiger partial charge in [-0.25, -0.2) is 9.97 Å². The number of hydrogen-bond donors (Lipinski definition) is 1. The second kappa shape index (κ2) is 5.72. The van der Waals surface area contributed by atoms with Gasteiger partial charge in [0.25, 0.3) is 5.95 Å². The number of rotatable bonds is 4. The zero-order valence-corrected chi connectivity index (χ0v) is 11.6. The van der Waals surface area contributed by atoms with E-state index in [4.69, 9.17) is 10.6 Å². The fourth-order valence-corrected chi connectivity index (χ4v) is 1.94. The molecule has 3 aromatic rings. The predicted molar refractivity (Wildman–Crippen MR) is 82.0 cm³/mol. The molecule has 0 spiro atoms. The Balaban J connectivity index is 2.04.